The lowest BCUT2D eigenvalue weighted by atomic mass is 9.89. The highest BCUT2D eigenvalue weighted by atomic mass is 32.1. The number of hydrazine groups is 1. The minimum absolute atomic E-state index is 0.0110. The van der Waals surface area contributed by atoms with Crippen molar-refractivity contribution in [2.45, 2.75) is 32.1 Å². The van der Waals surface area contributed by atoms with Crippen LogP contribution in [-0.4, -0.2) is 29.4 Å². The molecule has 0 aromatic heterocycles. The maximum atomic E-state index is 12.3. The van der Waals surface area contributed by atoms with E-state index >= 15 is 0 Å². The SMILES string of the molecule is O=C(CNC(=O)C1CCCCC1)NNC(=S)NC(=O)c1ccc(-c2ccccc2)cc1. The molecule has 1 aliphatic rings. The highest BCUT2D eigenvalue weighted by molar-refractivity contribution is 7.80. The van der Waals surface area contributed by atoms with E-state index < -0.39 is 11.8 Å². The van der Waals surface area contributed by atoms with Gasteiger partial charge in [-0.25, -0.2) is 0 Å². The van der Waals surface area contributed by atoms with Gasteiger partial charge in [-0.2, -0.15) is 0 Å². The lowest BCUT2D eigenvalue weighted by molar-refractivity contribution is -0.129. The van der Waals surface area contributed by atoms with Crippen LogP contribution in [0.4, 0.5) is 0 Å². The van der Waals surface area contributed by atoms with Crippen molar-refractivity contribution in [3.05, 3.63) is 60.2 Å². The predicted molar refractivity (Wildman–Crippen MR) is 123 cm³/mol. The van der Waals surface area contributed by atoms with Gasteiger partial charge in [-0.15, -0.1) is 0 Å². The Balaban J connectivity index is 1.39. The second-order valence-electron chi connectivity index (χ2n) is 7.45. The zero-order valence-corrected chi connectivity index (χ0v) is 18.0. The first kappa shape index (κ1) is 22.4. The molecule has 0 saturated heterocycles. The van der Waals surface area contributed by atoms with Crippen LogP contribution in [0.25, 0.3) is 11.1 Å². The summed E-state index contributed by atoms with van der Waals surface area (Å²) in [6.45, 7) is -0.153. The van der Waals surface area contributed by atoms with Crippen LogP contribution < -0.4 is 21.5 Å². The van der Waals surface area contributed by atoms with Crippen molar-refractivity contribution in [2.75, 3.05) is 6.54 Å². The van der Waals surface area contributed by atoms with E-state index in [0.717, 1.165) is 43.2 Å². The van der Waals surface area contributed by atoms with Gasteiger partial charge in [0, 0.05) is 11.5 Å². The lowest BCUT2D eigenvalue weighted by Crippen LogP contribution is -2.51. The summed E-state index contributed by atoms with van der Waals surface area (Å²) in [4.78, 5) is 36.3. The van der Waals surface area contributed by atoms with Gasteiger partial charge in [0.15, 0.2) is 5.11 Å². The Bertz CT molecular complexity index is 926. The van der Waals surface area contributed by atoms with Crippen LogP contribution in [0.2, 0.25) is 0 Å². The molecule has 7 nitrogen and oxygen atoms in total. The molecule has 1 saturated carbocycles. The van der Waals surface area contributed by atoms with E-state index in [1.165, 1.54) is 0 Å². The molecule has 162 valence electrons. The number of thiocarbonyl (C=S) groups is 1. The monoisotopic (exact) mass is 438 g/mol. The summed E-state index contributed by atoms with van der Waals surface area (Å²) in [7, 11) is 0. The fourth-order valence-electron chi connectivity index (χ4n) is 3.50. The molecular weight excluding hydrogens is 412 g/mol. The molecule has 0 spiro atoms. The standard InChI is InChI=1S/C23H26N4O3S/c28-20(15-24-21(29)18-9-5-2-6-10-18)26-27-23(31)25-22(30)19-13-11-17(12-14-19)16-7-3-1-4-8-16/h1,3-4,7-8,11-14,18H,2,5-6,9-10,15H2,(H,24,29)(H,26,28)(H2,25,27,30,31). The predicted octanol–water partition coefficient (Wildman–Crippen LogP) is 2.69. The van der Waals surface area contributed by atoms with Crippen LogP contribution in [-0.2, 0) is 9.59 Å². The van der Waals surface area contributed by atoms with Gasteiger partial charge >= 0.3 is 0 Å². The number of hydrogen-bond acceptors (Lipinski definition) is 4. The van der Waals surface area contributed by atoms with E-state index in [4.69, 9.17) is 12.2 Å². The first-order valence-corrected chi connectivity index (χ1v) is 10.8. The van der Waals surface area contributed by atoms with E-state index in [-0.39, 0.29) is 23.5 Å². The maximum Gasteiger partial charge on any atom is 0.257 e. The van der Waals surface area contributed by atoms with E-state index in [0.29, 0.717) is 5.56 Å². The lowest BCUT2D eigenvalue weighted by Gasteiger charge is -2.20. The van der Waals surface area contributed by atoms with Crippen LogP contribution in [0.15, 0.2) is 54.6 Å². The average molecular weight is 439 g/mol. The Kier molecular flexibility index (Phi) is 8.12. The summed E-state index contributed by atoms with van der Waals surface area (Å²) in [5.74, 6) is -0.947. The summed E-state index contributed by atoms with van der Waals surface area (Å²) < 4.78 is 0. The van der Waals surface area contributed by atoms with Gasteiger partial charge in [0.1, 0.15) is 0 Å². The van der Waals surface area contributed by atoms with E-state index in [1.54, 1.807) is 12.1 Å². The van der Waals surface area contributed by atoms with Gasteiger partial charge in [0.25, 0.3) is 11.8 Å². The van der Waals surface area contributed by atoms with Gasteiger partial charge in [-0.1, -0.05) is 61.7 Å². The second kappa shape index (κ2) is 11.2. The molecule has 1 fully saturated rings. The molecule has 0 aliphatic heterocycles. The fourth-order valence-corrected chi connectivity index (χ4v) is 3.64. The Morgan fingerprint density at radius 1 is 0.839 bits per heavy atom. The first-order chi connectivity index (χ1) is 15.0. The van der Waals surface area contributed by atoms with Crippen LogP contribution in [0, 0.1) is 5.92 Å². The summed E-state index contributed by atoms with van der Waals surface area (Å²) in [5, 5.41) is 5.11. The number of hydrogen-bond donors (Lipinski definition) is 4. The minimum Gasteiger partial charge on any atom is -0.347 e. The number of amides is 3. The summed E-state index contributed by atoms with van der Waals surface area (Å²) in [6, 6.07) is 17.0. The van der Waals surface area contributed by atoms with Crippen molar-refractivity contribution >= 4 is 35.1 Å². The van der Waals surface area contributed by atoms with Crippen LogP contribution in [0.5, 0.6) is 0 Å². The molecule has 8 heteroatoms. The molecule has 0 radical (unpaired) electrons. The van der Waals surface area contributed by atoms with Crippen molar-refractivity contribution in [1.29, 1.82) is 0 Å². The molecule has 0 atom stereocenters. The van der Waals surface area contributed by atoms with Crippen molar-refractivity contribution in [2.24, 2.45) is 5.92 Å². The Labute approximate surface area is 187 Å². The van der Waals surface area contributed by atoms with Crippen LogP contribution in [0.1, 0.15) is 42.5 Å². The summed E-state index contributed by atoms with van der Waals surface area (Å²) in [5.41, 5.74) is 7.34. The van der Waals surface area contributed by atoms with E-state index in [9.17, 15) is 14.4 Å². The molecule has 0 heterocycles. The third-order valence-corrected chi connectivity index (χ3v) is 5.40. The zero-order valence-electron chi connectivity index (χ0n) is 17.1. The Morgan fingerprint density at radius 2 is 1.48 bits per heavy atom. The Morgan fingerprint density at radius 3 is 2.16 bits per heavy atom. The first-order valence-electron chi connectivity index (χ1n) is 10.4. The van der Waals surface area contributed by atoms with E-state index in [2.05, 4.69) is 21.5 Å². The molecule has 4 N–H and O–H groups in total. The summed E-state index contributed by atoms with van der Waals surface area (Å²) >= 11 is 5.04. The molecular formula is C23H26N4O3S. The fraction of sp³-hybridized carbons (Fsp3) is 0.304. The molecule has 3 amide bonds. The van der Waals surface area contributed by atoms with Gasteiger partial charge in [0.05, 0.1) is 6.54 Å². The molecule has 0 bridgehead atoms. The van der Waals surface area contributed by atoms with Crippen LogP contribution >= 0.6 is 12.2 Å². The van der Waals surface area contributed by atoms with Crippen molar-refractivity contribution in [3.8, 4) is 11.1 Å². The topological polar surface area (TPSA) is 99.3 Å². The number of nitrogens with one attached hydrogen (secondary N) is 4. The number of carbonyl (C=O) groups excluding carboxylic acids is 3. The van der Waals surface area contributed by atoms with Gasteiger partial charge < -0.3 is 5.32 Å². The molecule has 2 aromatic rings. The molecule has 31 heavy (non-hydrogen) atoms. The second-order valence-corrected chi connectivity index (χ2v) is 7.86. The largest absolute Gasteiger partial charge is 0.347 e. The minimum atomic E-state index is -0.451. The molecule has 0 unspecified atom stereocenters. The molecule has 1 aliphatic carbocycles. The highest BCUT2D eigenvalue weighted by Crippen LogP contribution is 2.23. The highest BCUT2D eigenvalue weighted by Gasteiger charge is 2.21. The third-order valence-electron chi connectivity index (χ3n) is 5.20. The smallest absolute Gasteiger partial charge is 0.257 e. The average Bonchev–Trinajstić information content (AvgIpc) is 2.82. The van der Waals surface area contributed by atoms with Crippen molar-refractivity contribution in [3.63, 3.8) is 0 Å². The van der Waals surface area contributed by atoms with Gasteiger partial charge in [-0.05, 0) is 48.3 Å². The van der Waals surface area contributed by atoms with Gasteiger partial charge in [0.2, 0.25) is 5.91 Å². The molecule has 2 aromatic carbocycles. The quantitative estimate of drug-likeness (QED) is 0.425. The van der Waals surface area contributed by atoms with Crippen molar-refractivity contribution < 1.29 is 14.4 Å². The number of benzene rings is 2. The molecule has 3 rings (SSSR count). The maximum absolute atomic E-state index is 12.3. The van der Waals surface area contributed by atoms with Crippen LogP contribution in [0.3, 0.4) is 0 Å². The van der Waals surface area contributed by atoms with Gasteiger partial charge in [-0.3, -0.25) is 30.6 Å². The van der Waals surface area contributed by atoms with E-state index in [1.807, 2.05) is 42.5 Å². The zero-order chi connectivity index (χ0) is 22.1. The summed E-state index contributed by atoms with van der Waals surface area (Å²) in [6.07, 6.45) is 5.00. The number of rotatable bonds is 5. The third kappa shape index (κ3) is 6.89. The normalized spacial score (nSPS) is 13.7. The Hall–Kier alpha value is -3.26. The number of carbonyl (C=O) groups is 3. The van der Waals surface area contributed by atoms with Crippen molar-refractivity contribution in [1.82, 2.24) is 21.5 Å².